The van der Waals surface area contributed by atoms with Gasteiger partial charge in [-0.1, -0.05) is 6.07 Å². The summed E-state index contributed by atoms with van der Waals surface area (Å²) < 4.78 is 5.36. The van der Waals surface area contributed by atoms with Crippen molar-refractivity contribution in [2.75, 3.05) is 20.2 Å². The molecule has 1 aromatic rings. The van der Waals surface area contributed by atoms with Gasteiger partial charge in [-0.15, -0.1) is 0 Å². The molecule has 2 aliphatic rings. The van der Waals surface area contributed by atoms with Crippen LogP contribution in [-0.4, -0.2) is 42.2 Å². The van der Waals surface area contributed by atoms with Gasteiger partial charge in [0.25, 0.3) is 0 Å². The van der Waals surface area contributed by atoms with Crippen LogP contribution in [0.25, 0.3) is 0 Å². The summed E-state index contributed by atoms with van der Waals surface area (Å²) in [5, 5.41) is 3.69. The first-order valence-corrected chi connectivity index (χ1v) is 7.23. The molecule has 1 N–H and O–H groups in total. The molecule has 2 heterocycles. The maximum atomic E-state index is 5.36. The Balaban J connectivity index is 1.69. The molecule has 0 aromatic carbocycles. The van der Waals surface area contributed by atoms with E-state index in [9.17, 15) is 0 Å². The summed E-state index contributed by atoms with van der Waals surface area (Å²) in [7, 11) is 1.69. The Morgan fingerprint density at radius 3 is 3.05 bits per heavy atom. The number of rotatable bonds is 4. The molecule has 3 rings (SSSR count). The molecule has 2 unspecified atom stereocenters. The van der Waals surface area contributed by atoms with Crippen LogP contribution in [0.3, 0.4) is 0 Å². The van der Waals surface area contributed by atoms with Gasteiger partial charge in [0.2, 0.25) is 5.88 Å². The minimum absolute atomic E-state index is 0.569. The fourth-order valence-electron chi connectivity index (χ4n) is 2.93. The summed E-state index contributed by atoms with van der Waals surface area (Å²) in [6.07, 6.45) is 4.59. The minimum atomic E-state index is 0.569. The van der Waals surface area contributed by atoms with Gasteiger partial charge in [0, 0.05) is 43.5 Å². The van der Waals surface area contributed by atoms with E-state index in [-0.39, 0.29) is 0 Å². The molecule has 1 aromatic heterocycles. The Hall–Kier alpha value is -1.13. The van der Waals surface area contributed by atoms with Gasteiger partial charge in [-0.25, -0.2) is 4.98 Å². The summed E-state index contributed by atoms with van der Waals surface area (Å²) in [4.78, 5) is 6.84. The standard InChI is InChI=1S/C15H23N3O/c1-11-8-17-14(12-5-6-12)10-18(11)9-13-4-3-7-16-15(13)19-2/h3-4,7,11-12,14,17H,5-6,8-10H2,1-2H3. The normalized spacial score (nSPS) is 28.3. The van der Waals surface area contributed by atoms with Gasteiger partial charge < -0.3 is 10.1 Å². The lowest BCUT2D eigenvalue weighted by Gasteiger charge is -2.39. The highest BCUT2D eigenvalue weighted by atomic mass is 16.5. The molecule has 2 atom stereocenters. The van der Waals surface area contributed by atoms with Crippen molar-refractivity contribution in [2.24, 2.45) is 5.92 Å². The first-order valence-electron chi connectivity index (χ1n) is 7.23. The molecule has 1 saturated carbocycles. The number of aromatic nitrogens is 1. The van der Waals surface area contributed by atoms with Crippen molar-refractivity contribution in [3.05, 3.63) is 23.9 Å². The molecule has 4 nitrogen and oxygen atoms in total. The first-order chi connectivity index (χ1) is 9.28. The summed E-state index contributed by atoms with van der Waals surface area (Å²) in [6.45, 7) is 5.45. The summed E-state index contributed by atoms with van der Waals surface area (Å²) in [5.41, 5.74) is 1.19. The van der Waals surface area contributed by atoms with E-state index in [1.54, 1.807) is 13.3 Å². The molecule has 4 heteroatoms. The van der Waals surface area contributed by atoms with Crippen LogP contribution in [0.1, 0.15) is 25.3 Å². The maximum absolute atomic E-state index is 5.36. The van der Waals surface area contributed by atoms with Crippen LogP contribution >= 0.6 is 0 Å². The largest absolute Gasteiger partial charge is 0.481 e. The van der Waals surface area contributed by atoms with Gasteiger partial charge in [-0.05, 0) is 31.7 Å². The Morgan fingerprint density at radius 2 is 2.32 bits per heavy atom. The van der Waals surface area contributed by atoms with E-state index < -0.39 is 0 Å². The number of nitrogens with one attached hydrogen (secondary N) is 1. The smallest absolute Gasteiger partial charge is 0.217 e. The maximum Gasteiger partial charge on any atom is 0.217 e. The van der Waals surface area contributed by atoms with Gasteiger partial charge in [0.1, 0.15) is 0 Å². The molecule has 1 aliphatic carbocycles. The number of piperazine rings is 1. The van der Waals surface area contributed by atoms with Crippen molar-refractivity contribution in [3.63, 3.8) is 0 Å². The van der Waals surface area contributed by atoms with E-state index in [2.05, 4.69) is 28.2 Å². The van der Waals surface area contributed by atoms with E-state index in [1.165, 1.54) is 18.4 Å². The van der Waals surface area contributed by atoms with E-state index >= 15 is 0 Å². The lowest BCUT2D eigenvalue weighted by atomic mass is 10.1. The Labute approximate surface area is 115 Å². The number of hydrogen-bond donors (Lipinski definition) is 1. The molecule has 0 bridgehead atoms. The van der Waals surface area contributed by atoms with Gasteiger partial charge in [-0.3, -0.25) is 4.90 Å². The molecular weight excluding hydrogens is 238 g/mol. The van der Waals surface area contributed by atoms with Crippen LogP contribution in [0, 0.1) is 5.92 Å². The third-order valence-corrected chi connectivity index (χ3v) is 4.34. The molecule has 104 valence electrons. The number of nitrogens with zero attached hydrogens (tertiary/aromatic N) is 2. The van der Waals surface area contributed by atoms with Crippen LogP contribution < -0.4 is 10.1 Å². The van der Waals surface area contributed by atoms with Gasteiger partial charge >= 0.3 is 0 Å². The predicted molar refractivity (Wildman–Crippen MR) is 75.2 cm³/mol. The Bertz CT molecular complexity index is 433. The zero-order valence-electron chi connectivity index (χ0n) is 11.8. The van der Waals surface area contributed by atoms with Crippen LogP contribution in [0.5, 0.6) is 5.88 Å². The predicted octanol–water partition coefficient (Wildman–Crippen LogP) is 1.66. The zero-order valence-corrected chi connectivity index (χ0v) is 11.8. The molecule has 19 heavy (non-hydrogen) atoms. The van der Waals surface area contributed by atoms with Crippen molar-refractivity contribution in [1.29, 1.82) is 0 Å². The molecule has 0 spiro atoms. The fourth-order valence-corrected chi connectivity index (χ4v) is 2.93. The van der Waals surface area contributed by atoms with E-state index in [4.69, 9.17) is 4.74 Å². The van der Waals surface area contributed by atoms with Crippen LogP contribution in [0.2, 0.25) is 0 Å². The molecular formula is C15H23N3O. The molecule has 0 radical (unpaired) electrons. The quantitative estimate of drug-likeness (QED) is 0.894. The third kappa shape index (κ3) is 2.90. The number of hydrogen-bond acceptors (Lipinski definition) is 4. The van der Waals surface area contributed by atoms with Crippen molar-refractivity contribution < 1.29 is 4.74 Å². The van der Waals surface area contributed by atoms with Crippen molar-refractivity contribution in [3.8, 4) is 5.88 Å². The summed E-state index contributed by atoms with van der Waals surface area (Å²) in [5.74, 6) is 1.67. The second-order valence-electron chi connectivity index (χ2n) is 5.80. The monoisotopic (exact) mass is 261 g/mol. The average molecular weight is 261 g/mol. The Kier molecular flexibility index (Phi) is 3.71. The van der Waals surface area contributed by atoms with Gasteiger partial charge in [-0.2, -0.15) is 0 Å². The van der Waals surface area contributed by atoms with Crippen molar-refractivity contribution >= 4 is 0 Å². The van der Waals surface area contributed by atoms with Crippen LogP contribution in [-0.2, 0) is 6.54 Å². The van der Waals surface area contributed by atoms with E-state index in [0.717, 1.165) is 31.4 Å². The molecule has 0 amide bonds. The molecule has 1 saturated heterocycles. The number of methoxy groups -OCH3 is 1. The highest BCUT2D eigenvalue weighted by Gasteiger charge is 2.36. The highest BCUT2D eigenvalue weighted by molar-refractivity contribution is 5.25. The van der Waals surface area contributed by atoms with E-state index in [0.29, 0.717) is 12.1 Å². The second-order valence-corrected chi connectivity index (χ2v) is 5.80. The second kappa shape index (κ2) is 5.47. The van der Waals surface area contributed by atoms with Crippen LogP contribution in [0.15, 0.2) is 18.3 Å². The van der Waals surface area contributed by atoms with Gasteiger partial charge in [0.05, 0.1) is 7.11 Å². The average Bonchev–Trinajstić information content (AvgIpc) is 3.26. The van der Waals surface area contributed by atoms with Crippen LogP contribution in [0.4, 0.5) is 0 Å². The molecule has 1 aliphatic heterocycles. The highest BCUT2D eigenvalue weighted by Crippen LogP contribution is 2.34. The van der Waals surface area contributed by atoms with Crippen molar-refractivity contribution in [1.82, 2.24) is 15.2 Å². The lowest BCUT2D eigenvalue weighted by molar-refractivity contribution is 0.124. The summed E-state index contributed by atoms with van der Waals surface area (Å²) >= 11 is 0. The topological polar surface area (TPSA) is 37.4 Å². The van der Waals surface area contributed by atoms with Crippen molar-refractivity contribution in [2.45, 2.75) is 38.4 Å². The Morgan fingerprint density at radius 1 is 1.47 bits per heavy atom. The molecule has 2 fully saturated rings. The number of pyridine rings is 1. The summed E-state index contributed by atoms with van der Waals surface area (Å²) in [6, 6.07) is 5.36. The fraction of sp³-hybridized carbons (Fsp3) is 0.667. The minimum Gasteiger partial charge on any atom is -0.481 e. The zero-order chi connectivity index (χ0) is 13.2. The third-order valence-electron chi connectivity index (χ3n) is 4.34. The lowest BCUT2D eigenvalue weighted by Crippen LogP contribution is -2.55. The van der Waals surface area contributed by atoms with Gasteiger partial charge in [0.15, 0.2) is 0 Å². The SMILES string of the molecule is COc1ncccc1CN1CC(C2CC2)NCC1C. The van der Waals surface area contributed by atoms with E-state index in [1.807, 2.05) is 6.07 Å². The number of ether oxygens (including phenoxy) is 1. The first kappa shape index (κ1) is 12.9.